The molecule has 1 aliphatic heterocycles. The second-order valence-corrected chi connectivity index (χ2v) is 7.83. The number of nitrogens with zero attached hydrogens (tertiary/aromatic N) is 1. The Morgan fingerprint density at radius 3 is 1.72 bits per heavy atom. The first-order valence-corrected chi connectivity index (χ1v) is 10.8. The highest BCUT2D eigenvalue weighted by Gasteiger charge is 2.35. The van der Waals surface area contributed by atoms with Crippen LogP contribution in [-0.4, -0.2) is 46.3 Å². The van der Waals surface area contributed by atoms with E-state index in [0.717, 1.165) is 13.0 Å². The van der Waals surface area contributed by atoms with Gasteiger partial charge in [0.1, 0.15) is 6.04 Å². The molecule has 1 rings (SSSR count). The van der Waals surface area contributed by atoms with Crippen molar-refractivity contribution in [3.8, 4) is 0 Å². The Kier molecular flexibility index (Phi) is 13.1. The minimum atomic E-state index is -0.790. The van der Waals surface area contributed by atoms with Gasteiger partial charge < -0.3 is 10.2 Å². The Labute approximate surface area is 155 Å². The van der Waals surface area contributed by atoms with Crippen molar-refractivity contribution in [2.75, 3.05) is 13.1 Å². The maximum absolute atomic E-state index is 11.2. The summed E-state index contributed by atoms with van der Waals surface area (Å²) in [4.78, 5) is 13.1. The molecule has 0 radical (unpaired) electrons. The van der Waals surface area contributed by atoms with Gasteiger partial charge in [-0.3, -0.25) is 9.69 Å². The second-order valence-electron chi connectivity index (χ2n) is 7.83. The maximum atomic E-state index is 11.2. The molecule has 4 heteroatoms. The predicted molar refractivity (Wildman–Crippen MR) is 104 cm³/mol. The molecule has 4 nitrogen and oxygen atoms in total. The van der Waals surface area contributed by atoms with E-state index in [9.17, 15) is 9.90 Å². The van der Waals surface area contributed by atoms with Crippen LogP contribution >= 0.6 is 0 Å². The highest BCUT2D eigenvalue weighted by molar-refractivity contribution is 5.74. The molecule has 0 aromatic heterocycles. The summed E-state index contributed by atoms with van der Waals surface area (Å²) in [6, 6.07) is -0.475. The first-order chi connectivity index (χ1) is 12.1. The van der Waals surface area contributed by atoms with Gasteiger partial charge in [-0.25, -0.2) is 0 Å². The van der Waals surface area contributed by atoms with Crippen molar-refractivity contribution in [1.82, 2.24) is 4.90 Å². The molecule has 2 N–H and O–H groups in total. The summed E-state index contributed by atoms with van der Waals surface area (Å²) in [5.41, 5.74) is 0. The topological polar surface area (TPSA) is 60.8 Å². The molecule has 1 saturated heterocycles. The van der Waals surface area contributed by atoms with Gasteiger partial charge in [-0.15, -0.1) is 0 Å². The van der Waals surface area contributed by atoms with E-state index < -0.39 is 18.1 Å². The molecule has 1 aliphatic rings. The zero-order valence-corrected chi connectivity index (χ0v) is 16.4. The fraction of sp³-hybridized carbons (Fsp3) is 0.952. The Hall–Kier alpha value is -0.610. The Morgan fingerprint density at radius 2 is 1.28 bits per heavy atom. The molecule has 0 amide bonds. The zero-order valence-electron chi connectivity index (χ0n) is 16.4. The maximum Gasteiger partial charge on any atom is 0.321 e. The smallest absolute Gasteiger partial charge is 0.321 e. The van der Waals surface area contributed by atoms with Gasteiger partial charge in [0.05, 0.1) is 6.10 Å². The number of likely N-dealkylation sites (tertiary alicyclic amines) is 1. The monoisotopic (exact) mass is 355 g/mol. The molecule has 0 unspecified atom stereocenters. The van der Waals surface area contributed by atoms with E-state index in [2.05, 4.69) is 6.92 Å². The quantitative estimate of drug-likeness (QED) is 0.383. The van der Waals surface area contributed by atoms with E-state index in [0.29, 0.717) is 13.0 Å². The zero-order chi connectivity index (χ0) is 18.3. The van der Waals surface area contributed by atoms with Gasteiger partial charge in [-0.1, -0.05) is 90.4 Å². The molecule has 1 heterocycles. The van der Waals surface area contributed by atoms with E-state index in [1.165, 1.54) is 83.5 Å². The average Bonchev–Trinajstić information content (AvgIpc) is 2.96. The first-order valence-electron chi connectivity index (χ1n) is 10.8. The second kappa shape index (κ2) is 14.5. The van der Waals surface area contributed by atoms with Crippen molar-refractivity contribution < 1.29 is 15.0 Å². The summed E-state index contributed by atoms with van der Waals surface area (Å²) in [6.07, 6.45) is 18.6. The number of aliphatic hydroxyl groups excluding tert-OH is 1. The number of hydrogen-bond acceptors (Lipinski definition) is 3. The fourth-order valence-corrected chi connectivity index (χ4v) is 3.89. The van der Waals surface area contributed by atoms with Gasteiger partial charge in [0.25, 0.3) is 0 Å². The third kappa shape index (κ3) is 10.9. The molecule has 0 saturated carbocycles. The molecule has 0 aromatic carbocycles. The first kappa shape index (κ1) is 22.4. The lowest BCUT2D eigenvalue weighted by Crippen LogP contribution is -2.36. The van der Waals surface area contributed by atoms with E-state index in [1.54, 1.807) is 0 Å². The van der Waals surface area contributed by atoms with E-state index >= 15 is 0 Å². The number of rotatable bonds is 16. The molecule has 25 heavy (non-hydrogen) atoms. The standard InChI is InChI=1S/C21H41NO3/c1-2-3-4-5-6-7-8-9-10-11-12-13-14-15-16-22-18-19(23)17-20(22)21(24)25/h19-20,23H,2-18H2,1H3,(H,24,25)/t19-,20+/m0/s1. The molecule has 2 atom stereocenters. The van der Waals surface area contributed by atoms with Crippen LogP contribution < -0.4 is 0 Å². The molecule has 1 fully saturated rings. The van der Waals surface area contributed by atoms with Crippen LogP contribution in [0.4, 0.5) is 0 Å². The minimum Gasteiger partial charge on any atom is -0.480 e. The van der Waals surface area contributed by atoms with Gasteiger partial charge in [0.2, 0.25) is 0 Å². The Balaban J connectivity index is 1.84. The van der Waals surface area contributed by atoms with Crippen molar-refractivity contribution in [3.05, 3.63) is 0 Å². The van der Waals surface area contributed by atoms with Gasteiger partial charge in [0, 0.05) is 13.0 Å². The molecule has 0 bridgehead atoms. The number of unbranched alkanes of at least 4 members (excludes halogenated alkanes) is 13. The molecule has 0 spiro atoms. The number of β-amino-alcohol motifs (C(OH)–C–C–N with tert-alkyl or cyclic N) is 1. The van der Waals surface area contributed by atoms with Gasteiger partial charge in [-0.2, -0.15) is 0 Å². The van der Waals surface area contributed by atoms with Crippen molar-refractivity contribution in [1.29, 1.82) is 0 Å². The Bertz CT molecular complexity index is 335. The van der Waals surface area contributed by atoms with Crippen LogP contribution in [0.3, 0.4) is 0 Å². The number of aliphatic hydroxyl groups is 1. The summed E-state index contributed by atoms with van der Waals surface area (Å²) >= 11 is 0. The van der Waals surface area contributed by atoms with Crippen LogP contribution in [0.1, 0.15) is 103 Å². The summed E-state index contributed by atoms with van der Waals surface area (Å²) in [7, 11) is 0. The van der Waals surface area contributed by atoms with Crippen molar-refractivity contribution in [2.45, 2.75) is 115 Å². The molecule has 0 aliphatic carbocycles. The fourth-order valence-electron chi connectivity index (χ4n) is 3.89. The van der Waals surface area contributed by atoms with Gasteiger partial charge in [-0.05, 0) is 13.0 Å². The van der Waals surface area contributed by atoms with Crippen molar-refractivity contribution >= 4 is 5.97 Å². The third-order valence-corrected chi connectivity index (χ3v) is 5.47. The molecular formula is C21H41NO3. The van der Waals surface area contributed by atoms with Crippen LogP contribution in [0.2, 0.25) is 0 Å². The summed E-state index contributed by atoms with van der Waals surface area (Å²) in [6.45, 7) is 3.60. The molecule has 148 valence electrons. The highest BCUT2D eigenvalue weighted by Crippen LogP contribution is 2.19. The number of carboxylic acids is 1. The average molecular weight is 356 g/mol. The minimum absolute atomic E-state index is 0.383. The number of hydrogen-bond donors (Lipinski definition) is 2. The summed E-state index contributed by atoms with van der Waals surface area (Å²) in [5, 5.41) is 18.8. The molecule has 0 aromatic rings. The predicted octanol–water partition coefficient (Wildman–Crippen LogP) is 4.99. The normalized spacial score (nSPS) is 21.0. The van der Waals surface area contributed by atoms with Crippen LogP contribution in [-0.2, 0) is 4.79 Å². The van der Waals surface area contributed by atoms with Crippen LogP contribution in [0.5, 0.6) is 0 Å². The van der Waals surface area contributed by atoms with Crippen molar-refractivity contribution in [2.24, 2.45) is 0 Å². The highest BCUT2D eigenvalue weighted by atomic mass is 16.4. The van der Waals surface area contributed by atoms with Crippen molar-refractivity contribution in [3.63, 3.8) is 0 Å². The lowest BCUT2D eigenvalue weighted by Gasteiger charge is -2.20. The van der Waals surface area contributed by atoms with E-state index in [1.807, 2.05) is 4.90 Å². The third-order valence-electron chi connectivity index (χ3n) is 5.47. The number of carbonyl (C=O) groups is 1. The molecular weight excluding hydrogens is 314 g/mol. The number of carboxylic acid groups (broad SMARTS) is 1. The van der Waals surface area contributed by atoms with Crippen LogP contribution in [0.25, 0.3) is 0 Å². The van der Waals surface area contributed by atoms with Gasteiger partial charge in [0.15, 0.2) is 0 Å². The number of aliphatic carboxylic acids is 1. The SMILES string of the molecule is CCCCCCCCCCCCCCCCN1C[C@@H](O)C[C@@H]1C(=O)O. The summed E-state index contributed by atoms with van der Waals surface area (Å²) < 4.78 is 0. The van der Waals surface area contributed by atoms with E-state index in [-0.39, 0.29) is 0 Å². The lowest BCUT2D eigenvalue weighted by molar-refractivity contribution is -0.142. The summed E-state index contributed by atoms with van der Waals surface area (Å²) in [5.74, 6) is -0.790. The van der Waals surface area contributed by atoms with Gasteiger partial charge >= 0.3 is 5.97 Å². The van der Waals surface area contributed by atoms with Crippen LogP contribution in [0, 0.1) is 0 Å². The largest absolute Gasteiger partial charge is 0.480 e. The Morgan fingerprint density at radius 1 is 0.840 bits per heavy atom. The van der Waals surface area contributed by atoms with E-state index in [4.69, 9.17) is 5.11 Å². The lowest BCUT2D eigenvalue weighted by atomic mass is 10.0. The van der Waals surface area contributed by atoms with Crippen LogP contribution in [0.15, 0.2) is 0 Å².